The molecular weight excluding hydrogens is 235 g/mol. The van der Waals surface area contributed by atoms with Crippen molar-refractivity contribution in [3.63, 3.8) is 0 Å². The minimum Gasteiger partial charge on any atom is -0.481 e. The van der Waals surface area contributed by atoms with E-state index in [0.717, 1.165) is 0 Å². The molecule has 0 radical (unpaired) electrons. The molecule has 0 saturated carbocycles. The molecule has 0 heterocycles. The zero-order chi connectivity index (χ0) is 12.5. The monoisotopic (exact) mass is 240 g/mol. The summed E-state index contributed by atoms with van der Waals surface area (Å²) in [6, 6.07) is 1.05. The summed E-state index contributed by atoms with van der Waals surface area (Å²) < 4.78 is 62.2. The molecule has 1 aromatic carbocycles. The summed E-state index contributed by atoms with van der Waals surface area (Å²) in [5.41, 5.74) is -0.975. The molecule has 0 aromatic heterocycles. The summed E-state index contributed by atoms with van der Waals surface area (Å²) in [7, 11) is 0. The quantitative estimate of drug-likeness (QED) is 0.807. The standard InChI is InChI=1S/C9H5F5O2/c10-5-1-4(2-6(11)3-5)7(8(15)16)9(12,13)14/h1-3,7H,(H,15,16). The van der Waals surface area contributed by atoms with E-state index < -0.39 is 35.3 Å². The number of hydrogen-bond donors (Lipinski definition) is 1. The molecule has 1 aromatic rings. The van der Waals surface area contributed by atoms with E-state index in [2.05, 4.69) is 0 Å². The highest BCUT2D eigenvalue weighted by Gasteiger charge is 2.46. The molecule has 2 nitrogen and oxygen atoms in total. The van der Waals surface area contributed by atoms with Gasteiger partial charge in [-0.2, -0.15) is 13.2 Å². The van der Waals surface area contributed by atoms with Crippen molar-refractivity contribution in [2.45, 2.75) is 12.1 Å². The number of aliphatic carboxylic acids is 1. The van der Waals surface area contributed by atoms with E-state index in [1.807, 2.05) is 0 Å². The third-order valence-electron chi connectivity index (χ3n) is 1.79. The number of rotatable bonds is 2. The highest BCUT2D eigenvalue weighted by Crippen LogP contribution is 2.35. The van der Waals surface area contributed by atoms with Crippen LogP contribution in [0.1, 0.15) is 11.5 Å². The Morgan fingerprint density at radius 3 is 1.88 bits per heavy atom. The Hall–Kier alpha value is -1.66. The molecule has 0 bridgehead atoms. The SMILES string of the molecule is O=C(O)C(c1cc(F)cc(F)c1)C(F)(F)F. The van der Waals surface area contributed by atoms with E-state index in [1.54, 1.807) is 0 Å². The summed E-state index contributed by atoms with van der Waals surface area (Å²) in [5.74, 6) is -7.66. The third-order valence-corrected chi connectivity index (χ3v) is 1.79. The number of halogens is 5. The van der Waals surface area contributed by atoms with Crippen molar-refractivity contribution in [1.82, 2.24) is 0 Å². The molecule has 0 aliphatic heterocycles. The molecule has 0 aliphatic carbocycles. The summed E-state index contributed by atoms with van der Waals surface area (Å²) in [5, 5.41) is 8.38. The lowest BCUT2D eigenvalue weighted by Gasteiger charge is -2.16. The zero-order valence-electron chi connectivity index (χ0n) is 7.55. The molecule has 1 unspecified atom stereocenters. The summed E-state index contributed by atoms with van der Waals surface area (Å²) in [4.78, 5) is 10.4. The largest absolute Gasteiger partial charge is 0.481 e. The highest BCUT2D eigenvalue weighted by molar-refractivity contribution is 5.77. The van der Waals surface area contributed by atoms with Crippen LogP contribution in [0.25, 0.3) is 0 Å². The predicted octanol–water partition coefficient (Wildman–Crippen LogP) is 2.70. The maximum atomic E-state index is 12.6. The van der Waals surface area contributed by atoms with Crippen LogP contribution in [0.3, 0.4) is 0 Å². The fourth-order valence-corrected chi connectivity index (χ4v) is 1.21. The van der Waals surface area contributed by atoms with Gasteiger partial charge in [0.05, 0.1) is 0 Å². The van der Waals surface area contributed by atoms with Gasteiger partial charge < -0.3 is 5.11 Å². The van der Waals surface area contributed by atoms with Crippen LogP contribution < -0.4 is 0 Å². The molecule has 0 amide bonds. The van der Waals surface area contributed by atoms with Gasteiger partial charge in [-0.15, -0.1) is 0 Å². The second kappa shape index (κ2) is 4.07. The number of alkyl halides is 3. The second-order valence-electron chi connectivity index (χ2n) is 3.02. The van der Waals surface area contributed by atoms with Crippen LogP contribution in [-0.4, -0.2) is 17.3 Å². The number of benzene rings is 1. The summed E-state index contributed by atoms with van der Waals surface area (Å²) in [6.45, 7) is 0. The smallest absolute Gasteiger partial charge is 0.406 e. The lowest BCUT2D eigenvalue weighted by Crippen LogP contribution is -2.28. The molecule has 88 valence electrons. The van der Waals surface area contributed by atoms with Gasteiger partial charge in [-0.25, -0.2) is 8.78 Å². The first kappa shape index (κ1) is 12.4. The van der Waals surface area contributed by atoms with E-state index >= 15 is 0 Å². The van der Waals surface area contributed by atoms with Gasteiger partial charge in [-0.05, 0) is 17.7 Å². The van der Waals surface area contributed by atoms with Crippen molar-refractivity contribution in [3.05, 3.63) is 35.4 Å². The molecule has 16 heavy (non-hydrogen) atoms. The van der Waals surface area contributed by atoms with Crippen molar-refractivity contribution in [1.29, 1.82) is 0 Å². The van der Waals surface area contributed by atoms with Gasteiger partial charge in [0.1, 0.15) is 11.6 Å². The van der Waals surface area contributed by atoms with Gasteiger partial charge in [0.15, 0.2) is 5.92 Å². The van der Waals surface area contributed by atoms with Gasteiger partial charge in [0.2, 0.25) is 0 Å². The van der Waals surface area contributed by atoms with E-state index in [9.17, 15) is 26.7 Å². The second-order valence-corrected chi connectivity index (χ2v) is 3.02. The minimum absolute atomic E-state index is 0.343. The Balaban J connectivity index is 3.27. The average molecular weight is 240 g/mol. The Kier molecular flexibility index (Phi) is 3.16. The molecule has 1 N–H and O–H groups in total. The van der Waals surface area contributed by atoms with Gasteiger partial charge in [0, 0.05) is 6.07 Å². The lowest BCUT2D eigenvalue weighted by molar-refractivity contribution is -0.176. The van der Waals surface area contributed by atoms with Crippen LogP contribution in [0.2, 0.25) is 0 Å². The average Bonchev–Trinajstić information content (AvgIpc) is 1.96. The van der Waals surface area contributed by atoms with Crippen molar-refractivity contribution in [2.24, 2.45) is 0 Å². The number of carboxylic acid groups (broad SMARTS) is 1. The van der Waals surface area contributed by atoms with Gasteiger partial charge in [-0.3, -0.25) is 4.79 Å². The topological polar surface area (TPSA) is 37.3 Å². The molecule has 0 spiro atoms. The van der Waals surface area contributed by atoms with Crippen LogP contribution in [0.15, 0.2) is 18.2 Å². The molecule has 0 fully saturated rings. The summed E-state index contributed by atoms with van der Waals surface area (Å²) in [6.07, 6.45) is -5.11. The first-order valence-electron chi connectivity index (χ1n) is 3.97. The maximum absolute atomic E-state index is 12.6. The highest BCUT2D eigenvalue weighted by atomic mass is 19.4. The molecule has 0 saturated heterocycles. The van der Waals surface area contributed by atoms with Crippen LogP contribution >= 0.6 is 0 Å². The van der Waals surface area contributed by atoms with Crippen LogP contribution in [0.4, 0.5) is 22.0 Å². The fourth-order valence-electron chi connectivity index (χ4n) is 1.21. The molecule has 1 rings (SSSR count). The van der Waals surface area contributed by atoms with E-state index in [0.29, 0.717) is 18.2 Å². The molecule has 1 atom stereocenters. The Morgan fingerprint density at radius 2 is 1.56 bits per heavy atom. The first-order chi connectivity index (χ1) is 7.21. The number of hydrogen-bond acceptors (Lipinski definition) is 1. The maximum Gasteiger partial charge on any atom is 0.406 e. The fraction of sp³-hybridized carbons (Fsp3) is 0.222. The Bertz CT molecular complexity index is 393. The van der Waals surface area contributed by atoms with Crippen molar-refractivity contribution in [2.75, 3.05) is 0 Å². The predicted molar refractivity (Wildman–Crippen MR) is 42.8 cm³/mol. The van der Waals surface area contributed by atoms with Crippen LogP contribution in [-0.2, 0) is 4.79 Å². The lowest BCUT2D eigenvalue weighted by atomic mass is 9.98. The zero-order valence-corrected chi connectivity index (χ0v) is 7.55. The summed E-state index contributed by atoms with van der Waals surface area (Å²) >= 11 is 0. The van der Waals surface area contributed by atoms with Crippen LogP contribution in [0.5, 0.6) is 0 Å². The van der Waals surface area contributed by atoms with Crippen molar-refractivity contribution >= 4 is 5.97 Å². The minimum atomic E-state index is -5.11. The van der Waals surface area contributed by atoms with Gasteiger partial charge >= 0.3 is 12.1 Å². The van der Waals surface area contributed by atoms with E-state index in [-0.39, 0.29) is 0 Å². The van der Waals surface area contributed by atoms with Crippen LogP contribution in [0, 0.1) is 11.6 Å². The van der Waals surface area contributed by atoms with E-state index in [1.165, 1.54) is 0 Å². The van der Waals surface area contributed by atoms with Gasteiger partial charge in [-0.1, -0.05) is 0 Å². The molecule has 0 aliphatic rings. The Labute approximate surface area is 86.3 Å². The Morgan fingerprint density at radius 1 is 1.12 bits per heavy atom. The normalized spacial score (nSPS) is 13.6. The molecule has 7 heteroatoms. The van der Waals surface area contributed by atoms with E-state index in [4.69, 9.17) is 5.11 Å². The number of carboxylic acids is 1. The van der Waals surface area contributed by atoms with Crippen molar-refractivity contribution in [3.8, 4) is 0 Å². The van der Waals surface area contributed by atoms with Crippen molar-refractivity contribution < 1.29 is 31.9 Å². The third kappa shape index (κ3) is 2.68. The first-order valence-corrected chi connectivity index (χ1v) is 3.97. The van der Waals surface area contributed by atoms with Gasteiger partial charge in [0.25, 0.3) is 0 Å². The number of carbonyl (C=O) groups is 1. The molecular formula is C9H5F5O2.